The minimum atomic E-state index is -0.942. The normalized spacial score (nSPS) is 12.4. The summed E-state index contributed by atoms with van der Waals surface area (Å²) in [4.78, 5) is 96.1. The van der Waals surface area contributed by atoms with E-state index in [9.17, 15) is 38.4 Å². The number of aryl methyl sites for hydroxylation is 4. The minimum Gasteiger partial charge on any atom is -0.490 e. The summed E-state index contributed by atoms with van der Waals surface area (Å²) in [7, 11) is 4.10. The fourth-order valence-electron chi connectivity index (χ4n) is 18.8. The Morgan fingerprint density at radius 3 is 0.761 bits per heavy atom. The Hall–Kier alpha value is -17.7. The van der Waals surface area contributed by atoms with Crippen LogP contribution in [0.2, 0.25) is 0 Å². The second kappa shape index (κ2) is 42.9. The van der Waals surface area contributed by atoms with Gasteiger partial charge in [-0.05, 0) is 304 Å². The number of fused-ring (bicyclic) bond motifs is 12. The van der Waals surface area contributed by atoms with Crippen molar-refractivity contribution >= 4 is 86.1 Å². The van der Waals surface area contributed by atoms with Crippen LogP contribution in [-0.2, 0) is 73.4 Å². The van der Waals surface area contributed by atoms with Crippen LogP contribution in [-0.4, -0.2) is 115 Å². The lowest BCUT2D eigenvalue weighted by atomic mass is 9.67. The molecule has 0 atom stereocenters. The number of ether oxygens (including phenoxy) is 12. The Morgan fingerprint density at radius 2 is 0.472 bits per heavy atom. The van der Waals surface area contributed by atoms with Crippen molar-refractivity contribution in [1.29, 1.82) is 0 Å². The molecule has 0 saturated carbocycles. The molecule has 0 bridgehead atoms. The maximum Gasteiger partial charge on any atom is 0.513 e. The van der Waals surface area contributed by atoms with Crippen LogP contribution >= 0.6 is 0 Å². The smallest absolute Gasteiger partial charge is 0.490 e. The Bertz CT molecular complexity index is 7240. The van der Waals surface area contributed by atoms with Crippen molar-refractivity contribution in [3.63, 3.8) is 0 Å². The number of benzene rings is 15. The number of carbonyl (C=O) groups excluding carboxylic acids is 8. The maximum atomic E-state index is 12.4. The van der Waals surface area contributed by atoms with Gasteiger partial charge >= 0.3 is 48.1 Å². The first-order chi connectivity index (χ1) is 68.8. The summed E-state index contributed by atoms with van der Waals surface area (Å²) in [5.41, 5.74) is 23.3. The summed E-state index contributed by atoms with van der Waals surface area (Å²) in [6.45, 7) is 29.0. The molecule has 15 aromatic carbocycles. The first-order valence-electron chi connectivity index (χ1n) is 45.9. The molecule has 0 aromatic heterocycles. The number of hydrogen-bond donors (Lipinski definition) is 0. The molecule has 0 spiro atoms. The predicted octanol–water partition coefficient (Wildman–Crippen LogP) is 23.8. The molecule has 3 aliphatic rings. The highest BCUT2D eigenvalue weighted by Gasteiger charge is 2.50. The van der Waals surface area contributed by atoms with Crippen molar-refractivity contribution in [3.8, 4) is 67.9 Å². The minimum absolute atomic E-state index is 0.128. The molecule has 0 radical (unpaired) electrons. The van der Waals surface area contributed by atoms with Gasteiger partial charge in [0.2, 0.25) is 0 Å². The van der Waals surface area contributed by atoms with Gasteiger partial charge in [0.25, 0.3) is 0 Å². The second-order valence-corrected chi connectivity index (χ2v) is 34.1. The summed E-state index contributed by atoms with van der Waals surface area (Å²) in [5, 5.41) is 6.82. The van der Waals surface area contributed by atoms with Crippen LogP contribution in [0.15, 0.2) is 373 Å². The van der Waals surface area contributed by atoms with Crippen LogP contribution in [0.5, 0.6) is 34.5 Å². The molecule has 3 aliphatic carbocycles. The third-order valence-electron chi connectivity index (χ3n) is 25.6. The SMILES string of the molecule is C=CC(=O)OCCOC(=O)Oc1ccc(C2(c3ccc(OC(=O)OCCOC(=O)C=C)cc3)c3cc(C)c(C)cc3-c3cc4ccccc4cc32)cc1.C=CC(=O)OCCOc1ccc(C2(c3ccc(OCCOC(=O)C=C)cc3)c3cc(N(C)C)ccc3-c3cc4ccccc4cc32)cc1.C=CC(=O)Oc1ccc(C2(c3ccc(OC(=O)C=C)cc3)c3cc(C)c(C)cc3-c3cc4ccccc4cc32)cc1. The van der Waals surface area contributed by atoms with E-state index < -0.39 is 64.4 Å². The van der Waals surface area contributed by atoms with E-state index in [4.69, 9.17) is 56.8 Å². The average molecular weight is 1890 g/mol. The highest BCUT2D eigenvalue weighted by Crippen LogP contribution is 2.62. The third-order valence-corrected chi connectivity index (χ3v) is 25.6. The standard InChI is InChI=1S/C43H36O10.C41H37NO6.C37H28O4/c1-5-39(44)48-19-21-50-41(46)52-33-15-11-31(12-16-33)43(32-13-17-34(18-14-32)53-42(47)51-22-20-49-40(45)6-2)37-24-28(4)27(3)23-35(37)36-25-29-9-7-8-10-30(29)26-38(36)43;1-5-39(43)47-23-21-45-33-16-11-30(12-17-33)41(31-13-18-34(19-14-31)46-22-24-48-40(44)6-2)37-26-29-10-8-7-9-28(29)25-36(37)35-20-15-32(42(3)4)27-38(35)41;1-5-35(38)40-29-15-11-27(12-16-29)37(28-13-17-30(18-14-28)41-36(39)6-2)33-20-24(4)23(3)19-31(33)32-21-25-9-7-8-10-26(25)22-34(32)37/h5-18,23-26H,1-2,19-22H2,3-4H3;5-20,25-27H,1-2,21-24H2,3-4H3;5-22H,1-2H2,3-4H3. The van der Waals surface area contributed by atoms with Crippen LogP contribution in [0.3, 0.4) is 0 Å². The molecule has 0 aliphatic heterocycles. The van der Waals surface area contributed by atoms with E-state index in [1.54, 1.807) is 24.3 Å². The van der Waals surface area contributed by atoms with Gasteiger partial charge < -0.3 is 61.7 Å². The molecule has 15 aromatic rings. The molecule has 18 rings (SSSR count). The van der Waals surface area contributed by atoms with E-state index in [0.717, 1.165) is 142 Å². The largest absolute Gasteiger partial charge is 0.513 e. The molecule has 0 fully saturated rings. The number of nitrogens with zero attached hydrogens (tertiary/aromatic N) is 1. The lowest BCUT2D eigenvalue weighted by Gasteiger charge is -2.34. The number of hydrogen-bond acceptors (Lipinski definition) is 21. The molecule has 142 heavy (non-hydrogen) atoms. The van der Waals surface area contributed by atoms with Crippen molar-refractivity contribution in [2.75, 3.05) is 71.9 Å². The molecule has 0 N–H and O–H groups in total. The Morgan fingerprint density at radius 1 is 0.239 bits per heavy atom. The number of anilines is 1. The van der Waals surface area contributed by atoms with E-state index in [1.165, 1.54) is 55.3 Å². The Labute approximate surface area is 822 Å². The molecular weight excluding hydrogens is 1790 g/mol. The van der Waals surface area contributed by atoms with Crippen molar-refractivity contribution < 1.29 is 95.2 Å². The summed E-state index contributed by atoms with van der Waals surface area (Å²) in [6.07, 6.45) is 4.73. The molecule has 21 nitrogen and oxygen atoms in total. The average Bonchev–Trinajstić information content (AvgIpc) is 1.54. The zero-order valence-electron chi connectivity index (χ0n) is 79.3. The van der Waals surface area contributed by atoms with E-state index in [0.29, 0.717) is 23.0 Å². The Kier molecular flexibility index (Phi) is 29.4. The fraction of sp³-hybridized carbons (Fsp3) is 0.140. The first kappa shape index (κ1) is 97.4. The predicted molar refractivity (Wildman–Crippen MR) is 548 cm³/mol. The van der Waals surface area contributed by atoms with Crippen LogP contribution in [0, 0.1) is 27.7 Å². The second-order valence-electron chi connectivity index (χ2n) is 34.1. The highest BCUT2D eigenvalue weighted by molar-refractivity contribution is 6.01. The van der Waals surface area contributed by atoms with Crippen molar-refractivity contribution in [2.45, 2.75) is 43.9 Å². The number of carbonyl (C=O) groups is 8. The molecule has 0 heterocycles. The zero-order valence-corrected chi connectivity index (χ0v) is 79.3. The van der Waals surface area contributed by atoms with Crippen LogP contribution in [0.4, 0.5) is 15.3 Å². The van der Waals surface area contributed by atoms with E-state index >= 15 is 0 Å². The Balaban J connectivity index is 0.000000154. The topological polar surface area (TPSA) is 251 Å². The van der Waals surface area contributed by atoms with Crippen LogP contribution in [0.25, 0.3) is 65.7 Å². The monoisotopic (exact) mass is 1890 g/mol. The maximum absolute atomic E-state index is 12.4. The number of esters is 6. The lowest BCUT2D eigenvalue weighted by Crippen LogP contribution is -2.29. The van der Waals surface area contributed by atoms with E-state index in [2.05, 4.69) is 250 Å². The van der Waals surface area contributed by atoms with Gasteiger partial charge in [0, 0.05) is 56.2 Å². The zero-order chi connectivity index (χ0) is 99.9. The van der Waals surface area contributed by atoms with Crippen LogP contribution < -0.4 is 33.3 Å². The molecule has 21 heteroatoms. The van der Waals surface area contributed by atoms with E-state index in [1.807, 2.05) is 109 Å². The summed E-state index contributed by atoms with van der Waals surface area (Å²) in [5.74, 6) is -0.473. The molecule has 0 amide bonds. The van der Waals surface area contributed by atoms with Gasteiger partial charge in [0.15, 0.2) is 0 Å². The van der Waals surface area contributed by atoms with Gasteiger partial charge in [-0.2, -0.15) is 0 Å². The fourth-order valence-corrected chi connectivity index (χ4v) is 18.8. The summed E-state index contributed by atoms with van der Waals surface area (Å²) >= 11 is 0. The molecule has 0 unspecified atom stereocenters. The van der Waals surface area contributed by atoms with Gasteiger partial charge in [-0.3, -0.25) is 0 Å². The van der Waals surface area contributed by atoms with Gasteiger partial charge in [0.05, 0.1) is 16.2 Å². The highest BCUT2D eigenvalue weighted by atomic mass is 16.7. The van der Waals surface area contributed by atoms with Gasteiger partial charge in [-0.1, -0.05) is 215 Å². The number of rotatable bonds is 31. The third kappa shape index (κ3) is 19.9. The summed E-state index contributed by atoms with van der Waals surface area (Å²) < 4.78 is 63.4. The van der Waals surface area contributed by atoms with Crippen LogP contribution in [0.1, 0.15) is 89.0 Å². The van der Waals surface area contributed by atoms with Crippen molar-refractivity contribution in [2.24, 2.45) is 0 Å². The molecule has 0 saturated heterocycles. The lowest BCUT2D eigenvalue weighted by molar-refractivity contribution is -0.139. The van der Waals surface area contributed by atoms with Gasteiger partial charge in [0.1, 0.15) is 87.4 Å². The molecular formula is C121H101NO20. The molecule has 710 valence electrons. The summed E-state index contributed by atoms with van der Waals surface area (Å²) in [6, 6.07) is 100. The van der Waals surface area contributed by atoms with Crippen molar-refractivity contribution in [1.82, 2.24) is 0 Å². The van der Waals surface area contributed by atoms with Gasteiger partial charge in [-0.15, -0.1) is 0 Å². The van der Waals surface area contributed by atoms with Crippen molar-refractivity contribution in [3.05, 3.63) is 462 Å². The van der Waals surface area contributed by atoms with E-state index in [-0.39, 0.29) is 64.4 Å². The first-order valence-corrected chi connectivity index (χ1v) is 45.9. The van der Waals surface area contributed by atoms with Gasteiger partial charge in [-0.25, -0.2) is 38.4 Å². The quantitative estimate of drug-likeness (QED) is 0.00977.